The zero-order valence-corrected chi connectivity index (χ0v) is 12.6. The van der Waals surface area contributed by atoms with Gasteiger partial charge >= 0.3 is 0 Å². The number of hydrogen-bond acceptors (Lipinski definition) is 3. The number of benzene rings is 1. The molecule has 1 heterocycles. The van der Waals surface area contributed by atoms with E-state index in [1.807, 2.05) is 30.3 Å². The zero-order chi connectivity index (χ0) is 14.9. The number of carbonyl (C=O) groups is 1. The van der Waals surface area contributed by atoms with Gasteiger partial charge in [-0.2, -0.15) is 0 Å². The first-order chi connectivity index (χ1) is 10.3. The summed E-state index contributed by atoms with van der Waals surface area (Å²) in [7, 11) is 0. The molecule has 21 heavy (non-hydrogen) atoms. The van der Waals surface area contributed by atoms with E-state index in [0.717, 1.165) is 25.1 Å². The van der Waals surface area contributed by atoms with Crippen LogP contribution in [0.3, 0.4) is 0 Å². The van der Waals surface area contributed by atoms with Crippen LogP contribution in [0.2, 0.25) is 0 Å². The van der Waals surface area contributed by atoms with Crippen LogP contribution in [-0.2, 0) is 11.2 Å². The summed E-state index contributed by atoms with van der Waals surface area (Å²) in [4.78, 5) is 12.0. The molecule has 2 rings (SSSR count). The van der Waals surface area contributed by atoms with Gasteiger partial charge in [0.05, 0.1) is 12.6 Å². The van der Waals surface area contributed by atoms with Crippen molar-refractivity contribution in [3.05, 3.63) is 35.9 Å². The average molecular weight is 290 g/mol. The predicted molar refractivity (Wildman–Crippen MR) is 84.0 cm³/mol. The Morgan fingerprint density at radius 1 is 1.38 bits per heavy atom. The van der Waals surface area contributed by atoms with Crippen molar-refractivity contribution in [2.45, 2.75) is 38.1 Å². The molecule has 0 radical (unpaired) electrons. The molecule has 0 saturated carbocycles. The van der Waals surface area contributed by atoms with Gasteiger partial charge in [-0.05, 0) is 50.3 Å². The maximum absolute atomic E-state index is 12.0. The van der Waals surface area contributed by atoms with Crippen molar-refractivity contribution in [2.24, 2.45) is 5.92 Å². The highest BCUT2D eigenvalue weighted by Gasteiger charge is 2.16. The van der Waals surface area contributed by atoms with E-state index in [2.05, 4.69) is 10.6 Å². The number of rotatable bonds is 7. The summed E-state index contributed by atoms with van der Waals surface area (Å²) in [5.41, 5.74) is 1.13. The van der Waals surface area contributed by atoms with Gasteiger partial charge in [0.15, 0.2) is 0 Å². The molecule has 1 fully saturated rings. The second-order valence-corrected chi connectivity index (χ2v) is 5.89. The molecule has 4 heteroatoms. The molecule has 0 aromatic heterocycles. The molecular weight excluding hydrogens is 264 g/mol. The summed E-state index contributed by atoms with van der Waals surface area (Å²) in [6, 6.07) is 9.76. The maximum Gasteiger partial charge on any atom is 0.220 e. The Morgan fingerprint density at radius 3 is 2.86 bits per heavy atom. The van der Waals surface area contributed by atoms with E-state index in [9.17, 15) is 9.90 Å². The highest BCUT2D eigenvalue weighted by molar-refractivity contribution is 5.76. The Labute approximate surface area is 126 Å². The van der Waals surface area contributed by atoms with Gasteiger partial charge in [0, 0.05) is 6.42 Å². The average Bonchev–Trinajstić information content (AvgIpc) is 2.54. The maximum atomic E-state index is 12.0. The van der Waals surface area contributed by atoms with Crippen LogP contribution in [0.5, 0.6) is 0 Å². The van der Waals surface area contributed by atoms with Crippen LogP contribution in [0.1, 0.15) is 31.2 Å². The van der Waals surface area contributed by atoms with Crippen LogP contribution in [0.25, 0.3) is 0 Å². The minimum Gasteiger partial charge on any atom is -0.394 e. The molecule has 1 aromatic carbocycles. The lowest BCUT2D eigenvalue weighted by Crippen LogP contribution is -2.39. The van der Waals surface area contributed by atoms with Gasteiger partial charge in [0.25, 0.3) is 0 Å². The monoisotopic (exact) mass is 290 g/mol. The van der Waals surface area contributed by atoms with Gasteiger partial charge in [-0.1, -0.05) is 30.3 Å². The van der Waals surface area contributed by atoms with Crippen LogP contribution in [0.15, 0.2) is 30.3 Å². The number of aliphatic hydroxyl groups is 1. The molecule has 2 atom stereocenters. The lowest BCUT2D eigenvalue weighted by atomic mass is 9.94. The van der Waals surface area contributed by atoms with Gasteiger partial charge in [-0.3, -0.25) is 4.79 Å². The first-order valence-electron chi connectivity index (χ1n) is 7.93. The summed E-state index contributed by atoms with van der Waals surface area (Å²) < 4.78 is 0. The predicted octanol–water partition coefficient (Wildman–Crippen LogP) is 1.49. The van der Waals surface area contributed by atoms with Crippen LogP contribution < -0.4 is 10.6 Å². The molecule has 0 spiro atoms. The summed E-state index contributed by atoms with van der Waals surface area (Å²) in [5, 5.41) is 15.7. The molecule has 2 unspecified atom stereocenters. The van der Waals surface area contributed by atoms with Crippen molar-refractivity contribution < 1.29 is 9.90 Å². The normalized spacial score (nSPS) is 20.0. The number of nitrogens with one attached hydrogen (secondary N) is 2. The Kier molecular flexibility index (Phi) is 6.70. The van der Waals surface area contributed by atoms with E-state index in [1.54, 1.807) is 0 Å². The Morgan fingerprint density at radius 2 is 2.19 bits per heavy atom. The standard InChI is InChI=1S/C17H26N2O2/c20-13-16(11-14-5-2-1-3-6-14)19-17(21)9-8-15-7-4-10-18-12-15/h1-3,5-6,15-16,18,20H,4,7-13H2,(H,19,21). The second-order valence-electron chi connectivity index (χ2n) is 5.89. The van der Waals surface area contributed by atoms with Gasteiger partial charge in [0.1, 0.15) is 0 Å². The van der Waals surface area contributed by atoms with Crippen LogP contribution in [-0.4, -0.2) is 36.8 Å². The molecule has 1 aromatic rings. The van der Waals surface area contributed by atoms with Gasteiger partial charge in [0.2, 0.25) is 5.91 Å². The summed E-state index contributed by atoms with van der Waals surface area (Å²) in [6.45, 7) is 2.11. The Balaban J connectivity index is 1.71. The quantitative estimate of drug-likeness (QED) is 0.713. The number of hydrogen-bond donors (Lipinski definition) is 3. The summed E-state index contributed by atoms with van der Waals surface area (Å²) in [6.07, 6.45) is 4.58. The molecule has 0 aliphatic carbocycles. The lowest BCUT2D eigenvalue weighted by Gasteiger charge is -2.23. The third-order valence-electron chi connectivity index (χ3n) is 4.09. The first kappa shape index (κ1) is 16.0. The van der Waals surface area contributed by atoms with E-state index >= 15 is 0 Å². The number of piperidine rings is 1. The fourth-order valence-electron chi connectivity index (χ4n) is 2.87. The van der Waals surface area contributed by atoms with E-state index in [4.69, 9.17) is 0 Å². The summed E-state index contributed by atoms with van der Waals surface area (Å²) >= 11 is 0. The SMILES string of the molecule is O=C(CCC1CCCNC1)NC(CO)Cc1ccccc1. The Bertz CT molecular complexity index is 416. The largest absolute Gasteiger partial charge is 0.394 e. The van der Waals surface area contributed by atoms with Crippen molar-refractivity contribution in [2.75, 3.05) is 19.7 Å². The molecule has 116 valence electrons. The van der Waals surface area contributed by atoms with Crippen LogP contribution in [0.4, 0.5) is 0 Å². The Hall–Kier alpha value is -1.39. The third kappa shape index (κ3) is 5.86. The van der Waals surface area contributed by atoms with Crippen molar-refractivity contribution in [1.82, 2.24) is 10.6 Å². The van der Waals surface area contributed by atoms with E-state index in [-0.39, 0.29) is 18.6 Å². The van der Waals surface area contributed by atoms with Gasteiger partial charge in [-0.15, -0.1) is 0 Å². The summed E-state index contributed by atoms with van der Waals surface area (Å²) in [5.74, 6) is 0.668. The molecule has 3 N–H and O–H groups in total. The zero-order valence-electron chi connectivity index (χ0n) is 12.6. The van der Waals surface area contributed by atoms with E-state index in [1.165, 1.54) is 12.8 Å². The molecule has 0 bridgehead atoms. The minimum atomic E-state index is -0.190. The number of carbonyl (C=O) groups excluding carboxylic acids is 1. The molecule has 4 nitrogen and oxygen atoms in total. The second kappa shape index (κ2) is 8.80. The van der Waals surface area contributed by atoms with Gasteiger partial charge < -0.3 is 15.7 Å². The number of aliphatic hydroxyl groups excluding tert-OH is 1. The highest BCUT2D eigenvalue weighted by Crippen LogP contribution is 2.15. The first-order valence-corrected chi connectivity index (χ1v) is 7.93. The topological polar surface area (TPSA) is 61.4 Å². The van der Waals surface area contributed by atoms with E-state index in [0.29, 0.717) is 18.8 Å². The highest BCUT2D eigenvalue weighted by atomic mass is 16.3. The van der Waals surface area contributed by atoms with Crippen molar-refractivity contribution in [3.8, 4) is 0 Å². The lowest BCUT2D eigenvalue weighted by molar-refractivity contribution is -0.122. The fourth-order valence-corrected chi connectivity index (χ4v) is 2.87. The van der Waals surface area contributed by atoms with Gasteiger partial charge in [-0.25, -0.2) is 0 Å². The van der Waals surface area contributed by atoms with E-state index < -0.39 is 0 Å². The van der Waals surface area contributed by atoms with Crippen molar-refractivity contribution >= 4 is 5.91 Å². The van der Waals surface area contributed by atoms with Crippen molar-refractivity contribution in [3.63, 3.8) is 0 Å². The fraction of sp³-hybridized carbons (Fsp3) is 0.588. The molecule has 1 amide bonds. The molecule has 1 aliphatic heterocycles. The molecule has 1 aliphatic rings. The van der Waals surface area contributed by atoms with Crippen molar-refractivity contribution in [1.29, 1.82) is 0 Å². The van der Waals surface area contributed by atoms with Crippen LogP contribution >= 0.6 is 0 Å². The third-order valence-corrected chi connectivity index (χ3v) is 4.09. The van der Waals surface area contributed by atoms with Crippen LogP contribution in [0, 0.1) is 5.92 Å². The molecular formula is C17H26N2O2. The number of amides is 1. The smallest absolute Gasteiger partial charge is 0.220 e. The minimum absolute atomic E-state index is 0.0222. The molecule has 1 saturated heterocycles.